The van der Waals surface area contributed by atoms with Gasteiger partial charge in [0.25, 0.3) is 0 Å². The van der Waals surface area contributed by atoms with Gasteiger partial charge in [0, 0.05) is 0 Å². The Kier molecular flexibility index (Phi) is 1.80. The van der Waals surface area contributed by atoms with Crippen molar-refractivity contribution in [3.05, 3.63) is 0 Å². The minimum Gasteiger partial charge on any atom is -0.393 e. The first kappa shape index (κ1) is 7.07. The van der Waals surface area contributed by atoms with Crippen LogP contribution >= 0.6 is 0 Å². The van der Waals surface area contributed by atoms with Crippen LogP contribution in [0.5, 0.6) is 0 Å². The minimum atomic E-state index is -0.0498. The van der Waals surface area contributed by atoms with E-state index in [0.717, 1.165) is 6.42 Å². The van der Waals surface area contributed by atoms with Crippen molar-refractivity contribution < 1.29 is 5.11 Å². The van der Waals surface area contributed by atoms with Crippen molar-refractivity contribution in [2.75, 3.05) is 0 Å². The van der Waals surface area contributed by atoms with Crippen LogP contribution in [-0.4, -0.2) is 11.2 Å². The number of hydrogen-bond acceptors (Lipinski definition) is 1. The normalized spacial score (nSPS) is 34.3. The molecule has 0 saturated heterocycles. The van der Waals surface area contributed by atoms with E-state index in [9.17, 15) is 5.11 Å². The predicted octanol–water partition coefficient (Wildman–Crippen LogP) is 1.95. The molecule has 0 unspecified atom stereocenters. The van der Waals surface area contributed by atoms with Crippen molar-refractivity contribution in [1.29, 1.82) is 0 Å². The van der Waals surface area contributed by atoms with Gasteiger partial charge in [-0.15, -0.1) is 0 Å². The molecule has 1 heteroatoms. The molecule has 0 aromatic rings. The van der Waals surface area contributed by atoms with Crippen molar-refractivity contribution in [3.63, 3.8) is 0 Å². The van der Waals surface area contributed by atoms with Crippen LogP contribution in [0.3, 0.4) is 0 Å². The molecule has 0 aromatic heterocycles. The topological polar surface area (TPSA) is 20.2 Å². The highest BCUT2D eigenvalue weighted by atomic mass is 16.3. The third kappa shape index (κ3) is 1.45. The summed E-state index contributed by atoms with van der Waals surface area (Å²) >= 11 is 0. The van der Waals surface area contributed by atoms with E-state index in [1.165, 1.54) is 19.3 Å². The molecule has 0 aromatic carbocycles. The average Bonchev–Trinajstić information content (AvgIpc) is 1.77. The highest BCUT2D eigenvalue weighted by Crippen LogP contribution is 2.34. The van der Waals surface area contributed by atoms with Crippen LogP contribution in [0.15, 0.2) is 0 Å². The largest absolute Gasteiger partial charge is 0.393 e. The molecule has 0 radical (unpaired) electrons. The lowest BCUT2D eigenvalue weighted by molar-refractivity contribution is 0.0135. The number of aliphatic hydroxyl groups is 1. The molecule has 0 spiro atoms. The fraction of sp³-hybridized carbons (Fsp3) is 1.00. The summed E-state index contributed by atoms with van der Waals surface area (Å²) in [6.07, 6.45) is 4.65. The summed E-state index contributed by atoms with van der Waals surface area (Å²) in [5.74, 6) is 0. The molecular formula is C8H16O. The van der Waals surface area contributed by atoms with Crippen molar-refractivity contribution in [1.82, 2.24) is 0 Å². The van der Waals surface area contributed by atoms with E-state index in [4.69, 9.17) is 0 Å². The first-order valence-corrected chi connectivity index (χ1v) is 3.81. The fourth-order valence-corrected chi connectivity index (χ4v) is 1.48. The second-order valence-corrected chi connectivity index (χ2v) is 3.75. The van der Waals surface area contributed by atoms with Crippen molar-refractivity contribution >= 4 is 0 Å². The van der Waals surface area contributed by atoms with Crippen molar-refractivity contribution in [3.8, 4) is 0 Å². The number of rotatable bonds is 0. The van der Waals surface area contributed by atoms with Gasteiger partial charge in [0.1, 0.15) is 0 Å². The molecule has 0 amide bonds. The highest BCUT2D eigenvalue weighted by molar-refractivity contribution is 4.81. The zero-order chi connectivity index (χ0) is 6.91. The lowest BCUT2D eigenvalue weighted by Crippen LogP contribution is -2.32. The Bertz CT molecular complexity index is 96.7. The predicted molar refractivity (Wildman–Crippen MR) is 38.3 cm³/mol. The molecule has 1 fully saturated rings. The van der Waals surface area contributed by atoms with Crippen molar-refractivity contribution in [2.45, 2.75) is 45.6 Å². The molecule has 9 heavy (non-hydrogen) atoms. The maximum Gasteiger partial charge on any atom is 0.0591 e. The average molecular weight is 128 g/mol. The Labute approximate surface area is 57.1 Å². The van der Waals surface area contributed by atoms with Gasteiger partial charge in [0.15, 0.2) is 0 Å². The molecule has 1 aliphatic carbocycles. The Morgan fingerprint density at radius 2 is 2.00 bits per heavy atom. The monoisotopic (exact) mass is 128 g/mol. The minimum absolute atomic E-state index is 0.0498. The first-order valence-electron chi connectivity index (χ1n) is 3.81. The molecule has 1 saturated carbocycles. The number of hydrogen-bond donors (Lipinski definition) is 1. The summed E-state index contributed by atoms with van der Waals surface area (Å²) in [5.41, 5.74) is 0.193. The molecule has 1 N–H and O–H groups in total. The van der Waals surface area contributed by atoms with E-state index < -0.39 is 0 Å². The molecule has 54 valence electrons. The van der Waals surface area contributed by atoms with Gasteiger partial charge in [-0.1, -0.05) is 26.7 Å². The smallest absolute Gasteiger partial charge is 0.0591 e. The van der Waals surface area contributed by atoms with Crippen LogP contribution in [0.2, 0.25) is 0 Å². The maximum absolute atomic E-state index is 9.44. The molecular weight excluding hydrogens is 112 g/mol. The van der Waals surface area contributed by atoms with Gasteiger partial charge in [-0.2, -0.15) is 0 Å². The molecule has 0 heterocycles. The molecule has 1 rings (SSSR count). The molecule has 1 nitrogen and oxygen atoms in total. The van der Waals surface area contributed by atoms with E-state index in [1.807, 2.05) is 0 Å². The van der Waals surface area contributed by atoms with E-state index in [1.54, 1.807) is 0 Å². The van der Waals surface area contributed by atoms with Crippen LogP contribution in [0.25, 0.3) is 0 Å². The van der Waals surface area contributed by atoms with Gasteiger partial charge in [0.2, 0.25) is 0 Å². The van der Waals surface area contributed by atoms with Gasteiger partial charge >= 0.3 is 0 Å². The Morgan fingerprint density at radius 3 is 2.33 bits per heavy atom. The second kappa shape index (κ2) is 2.30. The van der Waals surface area contributed by atoms with Gasteiger partial charge in [-0.25, -0.2) is 0 Å². The Hall–Kier alpha value is -0.0400. The summed E-state index contributed by atoms with van der Waals surface area (Å²) in [6.45, 7) is 4.30. The van der Waals surface area contributed by atoms with E-state index in [0.29, 0.717) is 0 Å². The molecule has 1 atom stereocenters. The molecule has 0 bridgehead atoms. The van der Waals surface area contributed by atoms with Gasteiger partial charge in [0.05, 0.1) is 6.10 Å². The third-order valence-electron chi connectivity index (χ3n) is 2.45. The molecule has 0 aliphatic heterocycles. The maximum atomic E-state index is 9.44. The Morgan fingerprint density at radius 1 is 1.33 bits per heavy atom. The van der Waals surface area contributed by atoms with Crippen LogP contribution < -0.4 is 0 Å². The Balaban J connectivity index is 2.49. The zero-order valence-electron chi connectivity index (χ0n) is 6.35. The fourth-order valence-electron chi connectivity index (χ4n) is 1.48. The summed E-state index contributed by atoms with van der Waals surface area (Å²) in [7, 11) is 0. The van der Waals surface area contributed by atoms with E-state index in [2.05, 4.69) is 13.8 Å². The van der Waals surface area contributed by atoms with Crippen LogP contribution in [0, 0.1) is 5.41 Å². The number of aliphatic hydroxyl groups excluding tert-OH is 1. The quantitative estimate of drug-likeness (QED) is 0.528. The zero-order valence-corrected chi connectivity index (χ0v) is 6.35. The molecule has 1 aliphatic rings. The van der Waals surface area contributed by atoms with E-state index >= 15 is 0 Å². The summed E-state index contributed by atoms with van der Waals surface area (Å²) < 4.78 is 0. The van der Waals surface area contributed by atoms with Crippen LogP contribution in [-0.2, 0) is 0 Å². The van der Waals surface area contributed by atoms with E-state index in [-0.39, 0.29) is 11.5 Å². The van der Waals surface area contributed by atoms with Crippen LogP contribution in [0.1, 0.15) is 39.5 Å². The highest BCUT2D eigenvalue weighted by Gasteiger charge is 2.29. The second-order valence-electron chi connectivity index (χ2n) is 3.75. The SMILES string of the molecule is CC1(C)CCCC[C@H]1O. The van der Waals surface area contributed by atoms with Crippen LogP contribution in [0.4, 0.5) is 0 Å². The summed E-state index contributed by atoms with van der Waals surface area (Å²) in [6, 6.07) is 0. The van der Waals surface area contributed by atoms with Gasteiger partial charge < -0.3 is 5.11 Å². The van der Waals surface area contributed by atoms with Gasteiger partial charge in [-0.3, -0.25) is 0 Å². The van der Waals surface area contributed by atoms with Crippen molar-refractivity contribution in [2.24, 2.45) is 5.41 Å². The van der Waals surface area contributed by atoms with Gasteiger partial charge in [-0.05, 0) is 18.3 Å². The standard InChI is InChI=1S/C8H16O/c1-8(2)6-4-3-5-7(8)9/h7,9H,3-6H2,1-2H3/t7-/m1/s1. The summed E-state index contributed by atoms with van der Waals surface area (Å²) in [4.78, 5) is 0. The first-order chi connectivity index (χ1) is 4.13. The lowest BCUT2D eigenvalue weighted by Gasteiger charge is -2.34. The summed E-state index contributed by atoms with van der Waals surface area (Å²) in [5, 5.41) is 9.44. The third-order valence-corrected chi connectivity index (χ3v) is 2.45. The lowest BCUT2D eigenvalue weighted by atomic mass is 9.75.